The van der Waals surface area contributed by atoms with Gasteiger partial charge in [-0.25, -0.2) is 4.68 Å². The summed E-state index contributed by atoms with van der Waals surface area (Å²) in [6, 6.07) is 0. The number of rotatable bonds is 1. The van der Waals surface area contributed by atoms with Gasteiger partial charge in [-0.3, -0.25) is 0 Å². The molecule has 7 heteroatoms. The fourth-order valence-electron chi connectivity index (χ4n) is 0.452. The van der Waals surface area contributed by atoms with E-state index in [4.69, 9.17) is 12.2 Å². The first-order valence-corrected chi connectivity index (χ1v) is 4.88. The summed E-state index contributed by atoms with van der Waals surface area (Å²) in [4.78, 5) is 0. The molecule has 0 aromatic carbocycles. The van der Waals surface area contributed by atoms with Crippen LogP contribution in [-0.4, -0.2) is 20.2 Å². The van der Waals surface area contributed by atoms with Gasteiger partial charge in [-0.15, -0.1) is 0 Å². The second-order valence-electron chi connectivity index (χ2n) is 1.45. The standard InChI is InChI=1S/C2H2N4S3/c7-1-3-4-5-6(1)2-8-9-2/h2H,(H,3,5,7). The Hall–Kier alpha value is -0.0100. The minimum absolute atomic E-state index is 0.396. The molecule has 9 heavy (non-hydrogen) atoms. The van der Waals surface area contributed by atoms with E-state index in [2.05, 4.69) is 15.5 Å². The molecule has 0 bridgehead atoms. The molecule has 2 rings (SSSR count). The van der Waals surface area contributed by atoms with Crippen molar-refractivity contribution in [2.24, 2.45) is 0 Å². The van der Waals surface area contributed by atoms with Gasteiger partial charge in [0.15, 0.2) is 4.71 Å². The molecule has 1 aromatic rings. The average molecular weight is 178 g/mol. The molecule has 1 aliphatic rings. The molecule has 0 atom stereocenters. The van der Waals surface area contributed by atoms with Crippen LogP contribution in [-0.2, 0) is 0 Å². The fraction of sp³-hybridized carbons (Fsp3) is 0.500. The van der Waals surface area contributed by atoms with Crippen molar-refractivity contribution >= 4 is 33.8 Å². The summed E-state index contributed by atoms with van der Waals surface area (Å²) in [5, 5.41) is 9.84. The van der Waals surface area contributed by atoms with Gasteiger partial charge in [-0.2, -0.15) is 5.21 Å². The van der Waals surface area contributed by atoms with Crippen LogP contribution in [0.15, 0.2) is 0 Å². The highest BCUT2D eigenvalue weighted by Gasteiger charge is 2.27. The summed E-state index contributed by atoms with van der Waals surface area (Å²) in [5.41, 5.74) is 0. The molecule has 1 saturated heterocycles. The Morgan fingerprint density at radius 2 is 2.44 bits per heavy atom. The predicted molar refractivity (Wildman–Crippen MR) is 39.4 cm³/mol. The van der Waals surface area contributed by atoms with Crippen molar-refractivity contribution in [3.8, 4) is 0 Å². The van der Waals surface area contributed by atoms with E-state index in [1.54, 1.807) is 26.3 Å². The minimum Gasteiger partial charge on any atom is -0.217 e. The number of hydrogen-bond acceptors (Lipinski definition) is 5. The highest BCUT2D eigenvalue weighted by Crippen LogP contribution is 2.62. The van der Waals surface area contributed by atoms with Crippen molar-refractivity contribution in [2.45, 2.75) is 4.71 Å². The number of hydrogen-bond donors (Lipinski definition) is 1. The van der Waals surface area contributed by atoms with Crippen molar-refractivity contribution < 1.29 is 0 Å². The maximum Gasteiger partial charge on any atom is 0.240 e. The minimum atomic E-state index is 0.396. The van der Waals surface area contributed by atoms with Gasteiger partial charge >= 0.3 is 0 Å². The lowest BCUT2D eigenvalue weighted by molar-refractivity contribution is 0.692. The zero-order chi connectivity index (χ0) is 6.27. The Balaban J connectivity index is 2.47. The van der Waals surface area contributed by atoms with Crippen LogP contribution < -0.4 is 0 Å². The van der Waals surface area contributed by atoms with Crippen LogP contribution >= 0.6 is 33.8 Å². The summed E-state index contributed by atoms with van der Waals surface area (Å²) in [6.07, 6.45) is 0. The van der Waals surface area contributed by atoms with Crippen LogP contribution in [0.5, 0.6) is 0 Å². The van der Waals surface area contributed by atoms with Crippen molar-refractivity contribution in [3.63, 3.8) is 0 Å². The number of tetrazole rings is 1. The molecule has 48 valence electrons. The molecule has 0 spiro atoms. The van der Waals surface area contributed by atoms with Crippen LogP contribution in [0.25, 0.3) is 0 Å². The van der Waals surface area contributed by atoms with Gasteiger partial charge in [0.05, 0.1) is 0 Å². The first kappa shape index (κ1) is 5.75. The predicted octanol–water partition coefficient (Wildman–Crippen LogP) is 1.19. The van der Waals surface area contributed by atoms with E-state index >= 15 is 0 Å². The molecule has 1 aromatic heterocycles. The maximum absolute atomic E-state index is 4.83. The highest BCUT2D eigenvalue weighted by atomic mass is 33.2. The molecule has 2 heterocycles. The van der Waals surface area contributed by atoms with Crippen molar-refractivity contribution in [2.75, 3.05) is 0 Å². The highest BCUT2D eigenvalue weighted by molar-refractivity contribution is 8.91. The molecule has 1 aliphatic heterocycles. The maximum atomic E-state index is 4.83. The van der Waals surface area contributed by atoms with Crippen molar-refractivity contribution in [3.05, 3.63) is 4.77 Å². The van der Waals surface area contributed by atoms with E-state index in [0.29, 0.717) is 9.48 Å². The molecule has 0 saturated carbocycles. The molecule has 4 nitrogen and oxygen atoms in total. The Bertz CT molecular complexity index is 259. The van der Waals surface area contributed by atoms with Gasteiger partial charge in [0.1, 0.15) is 0 Å². The van der Waals surface area contributed by atoms with Crippen LogP contribution in [0.1, 0.15) is 4.71 Å². The molecule has 0 radical (unpaired) electrons. The summed E-state index contributed by atoms with van der Waals surface area (Å²) in [6.45, 7) is 0. The zero-order valence-corrected chi connectivity index (χ0v) is 6.59. The molecular formula is C2H2N4S3. The number of aromatic amines is 1. The Kier molecular flexibility index (Phi) is 1.27. The van der Waals surface area contributed by atoms with E-state index < -0.39 is 0 Å². The zero-order valence-electron chi connectivity index (χ0n) is 4.14. The Morgan fingerprint density at radius 3 is 2.89 bits per heavy atom. The molecular weight excluding hydrogens is 176 g/mol. The number of nitrogens with zero attached hydrogens (tertiary/aromatic N) is 3. The SMILES string of the molecule is S=c1nn[nH]n1C1SS1. The summed E-state index contributed by atoms with van der Waals surface area (Å²) in [5.74, 6) is 0. The van der Waals surface area contributed by atoms with E-state index in [1.807, 2.05) is 0 Å². The second kappa shape index (κ2) is 1.99. The van der Waals surface area contributed by atoms with Gasteiger partial charge in [-0.1, -0.05) is 31.9 Å². The smallest absolute Gasteiger partial charge is 0.217 e. The van der Waals surface area contributed by atoms with E-state index in [0.717, 1.165) is 0 Å². The van der Waals surface area contributed by atoms with Crippen molar-refractivity contribution in [1.29, 1.82) is 0 Å². The van der Waals surface area contributed by atoms with Gasteiger partial charge in [-0.05, 0) is 12.2 Å². The topological polar surface area (TPSA) is 46.5 Å². The lowest BCUT2D eigenvalue weighted by Crippen LogP contribution is -1.93. The third kappa shape index (κ3) is 0.993. The van der Waals surface area contributed by atoms with E-state index in [9.17, 15) is 0 Å². The first-order chi connectivity index (χ1) is 4.38. The van der Waals surface area contributed by atoms with Gasteiger partial charge in [0.25, 0.3) is 0 Å². The summed E-state index contributed by atoms with van der Waals surface area (Å²) < 4.78 is 2.68. The Labute approximate surface area is 63.8 Å². The lowest BCUT2D eigenvalue weighted by Gasteiger charge is -1.87. The third-order valence-corrected chi connectivity index (χ3v) is 3.05. The van der Waals surface area contributed by atoms with Crippen LogP contribution in [0.3, 0.4) is 0 Å². The molecule has 1 N–H and O–H groups in total. The van der Waals surface area contributed by atoms with Crippen LogP contribution in [0.2, 0.25) is 0 Å². The number of nitrogens with one attached hydrogen (secondary N) is 1. The largest absolute Gasteiger partial charge is 0.240 e. The van der Waals surface area contributed by atoms with Gasteiger partial charge in [0, 0.05) is 0 Å². The summed E-state index contributed by atoms with van der Waals surface area (Å²) in [7, 11) is 3.48. The fourth-order valence-corrected chi connectivity index (χ4v) is 1.95. The van der Waals surface area contributed by atoms with E-state index in [-0.39, 0.29) is 0 Å². The first-order valence-electron chi connectivity index (χ1n) is 2.19. The molecule has 1 fully saturated rings. The van der Waals surface area contributed by atoms with Crippen LogP contribution in [0, 0.1) is 4.77 Å². The lowest BCUT2D eigenvalue weighted by atomic mass is 11.2. The Morgan fingerprint density at radius 1 is 1.67 bits per heavy atom. The number of H-pyrrole nitrogens is 1. The number of aromatic nitrogens is 4. The van der Waals surface area contributed by atoms with Crippen LogP contribution in [0.4, 0.5) is 0 Å². The normalized spacial score (nSPS) is 18.2. The second-order valence-corrected chi connectivity index (χ2v) is 4.55. The molecule has 0 unspecified atom stereocenters. The third-order valence-electron chi connectivity index (χ3n) is 0.887. The monoisotopic (exact) mass is 178 g/mol. The van der Waals surface area contributed by atoms with Gasteiger partial charge in [0.2, 0.25) is 4.77 Å². The molecule has 0 amide bonds. The van der Waals surface area contributed by atoms with E-state index in [1.165, 1.54) is 0 Å². The van der Waals surface area contributed by atoms with Crippen molar-refractivity contribution in [1.82, 2.24) is 20.2 Å². The summed E-state index contributed by atoms with van der Waals surface area (Å²) >= 11 is 4.83. The quantitative estimate of drug-likeness (QED) is 0.397. The molecule has 0 aliphatic carbocycles. The average Bonchev–Trinajstić information content (AvgIpc) is 2.58. The van der Waals surface area contributed by atoms with Gasteiger partial charge < -0.3 is 0 Å².